The van der Waals surface area contributed by atoms with Crippen molar-refractivity contribution in [1.29, 1.82) is 0 Å². The summed E-state index contributed by atoms with van der Waals surface area (Å²) in [5, 5.41) is 3.03. The molecule has 1 aliphatic rings. The number of para-hydroxylation sites is 1. The molecule has 26 heavy (non-hydrogen) atoms. The molecule has 0 radical (unpaired) electrons. The molecule has 0 atom stereocenters. The van der Waals surface area contributed by atoms with Crippen molar-refractivity contribution in [3.05, 3.63) is 29.3 Å². The number of amides is 1. The Morgan fingerprint density at radius 1 is 1.04 bits per heavy atom. The number of aryl methyl sites for hydroxylation is 2. The number of hydrogen-bond acceptors (Lipinski definition) is 5. The summed E-state index contributed by atoms with van der Waals surface area (Å²) in [7, 11) is 0. The minimum atomic E-state index is -0.153. The van der Waals surface area contributed by atoms with Crippen molar-refractivity contribution in [2.75, 3.05) is 51.2 Å². The monoisotopic (exact) mass is 361 g/mol. The predicted molar refractivity (Wildman–Crippen MR) is 103 cm³/mol. The third kappa shape index (κ3) is 6.42. The number of carbonyl (C=O) groups excluding carboxylic acids is 2. The molecule has 6 nitrogen and oxygen atoms in total. The molecule has 1 amide bonds. The zero-order valence-corrected chi connectivity index (χ0v) is 16.2. The summed E-state index contributed by atoms with van der Waals surface area (Å²) >= 11 is 0. The fourth-order valence-electron chi connectivity index (χ4n) is 3.06. The summed E-state index contributed by atoms with van der Waals surface area (Å²) in [5.74, 6) is -0.144. The van der Waals surface area contributed by atoms with Crippen LogP contribution >= 0.6 is 0 Å². The van der Waals surface area contributed by atoms with Gasteiger partial charge in [-0.05, 0) is 31.4 Å². The highest BCUT2D eigenvalue weighted by Gasteiger charge is 2.21. The lowest BCUT2D eigenvalue weighted by atomic mass is 10.1. The van der Waals surface area contributed by atoms with Crippen LogP contribution in [0.25, 0.3) is 0 Å². The summed E-state index contributed by atoms with van der Waals surface area (Å²) in [6.45, 7) is 10.4. The van der Waals surface area contributed by atoms with Gasteiger partial charge in [0.2, 0.25) is 5.91 Å². The van der Waals surface area contributed by atoms with Crippen LogP contribution in [-0.4, -0.2) is 67.6 Å². The first-order valence-corrected chi connectivity index (χ1v) is 9.46. The Bertz CT molecular complexity index is 590. The van der Waals surface area contributed by atoms with Crippen LogP contribution in [0, 0.1) is 13.8 Å². The van der Waals surface area contributed by atoms with E-state index in [1.54, 1.807) is 0 Å². The van der Waals surface area contributed by atoms with Crippen molar-refractivity contribution in [3.8, 4) is 0 Å². The van der Waals surface area contributed by atoms with Gasteiger partial charge in [0.25, 0.3) is 0 Å². The maximum Gasteiger partial charge on any atom is 0.320 e. The molecule has 1 aliphatic heterocycles. The van der Waals surface area contributed by atoms with Crippen molar-refractivity contribution in [2.24, 2.45) is 0 Å². The number of benzene rings is 1. The lowest BCUT2D eigenvalue weighted by Gasteiger charge is -2.33. The van der Waals surface area contributed by atoms with Crippen LogP contribution in [0.2, 0.25) is 0 Å². The van der Waals surface area contributed by atoms with Gasteiger partial charge in [-0.25, -0.2) is 0 Å². The van der Waals surface area contributed by atoms with E-state index in [1.165, 1.54) is 0 Å². The van der Waals surface area contributed by atoms with Crippen molar-refractivity contribution in [1.82, 2.24) is 9.80 Å². The number of anilines is 1. The van der Waals surface area contributed by atoms with Gasteiger partial charge < -0.3 is 10.1 Å². The third-order valence-electron chi connectivity index (χ3n) is 4.69. The van der Waals surface area contributed by atoms with Gasteiger partial charge >= 0.3 is 5.97 Å². The van der Waals surface area contributed by atoms with Gasteiger partial charge in [0.15, 0.2) is 0 Å². The number of rotatable bonds is 8. The largest absolute Gasteiger partial charge is 0.465 e. The molecule has 1 saturated heterocycles. The van der Waals surface area contributed by atoms with E-state index in [2.05, 4.69) is 22.0 Å². The van der Waals surface area contributed by atoms with Gasteiger partial charge in [0.05, 0.1) is 19.7 Å². The number of nitrogens with zero attached hydrogens (tertiary/aromatic N) is 2. The van der Waals surface area contributed by atoms with Crippen molar-refractivity contribution >= 4 is 17.6 Å². The molecule has 0 saturated carbocycles. The summed E-state index contributed by atoms with van der Waals surface area (Å²) < 4.78 is 5.21. The summed E-state index contributed by atoms with van der Waals surface area (Å²) in [6.07, 6.45) is 1.94. The number of nitrogens with one attached hydrogen (secondary N) is 1. The number of carbonyl (C=O) groups is 2. The summed E-state index contributed by atoms with van der Waals surface area (Å²) in [4.78, 5) is 28.3. The summed E-state index contributed by atoms with van der Waals surface area (Å²) in [6, 6.07) is 5.99. The van der Waals surface area contributed by atoms with E-state index in [4.69, 9.17) is 4.74 Å². The molecule has 1 aromatic carbocycles. The number of esters is 1. The number of ether oxygens (including phenoxy) is 1. The smallest absolute Gasteiger partial charge is 0.320 e. The van der Waals surface area contributed by atoms with Gasteiger partial charge in [0, 0.05) is 31.9 Å². The third-order valence-corrected chi connectivity index (χ3v) is 4.69. The fourth-order valence-corrected chi connectivity index (χ4v) is 3.06. The Morgan fingerprint density at radius 3 is 2.19 bits per heavy atom. The highest BCUT2D eigenvalue weighted by molar-refractivity contribution is 5.93. The van der Waals surface area contributed by atoms with Gasteiger partial charge in [-0.3, -0.25) is 19.4 Å². The molecule has 1 aromatic rings. The minimum Gasteiger partial charge on any atom is -0.465 e. The lowest BCUT2D eigenvalue weighted by molar-refractivity contribution is -0.145. The second-order valence-electron chi connectivity index (χ2n) is 6.94. The van der Waals surface area contributed by atoms with Crippen LogP contribution in [0.15, 0.2) is 18.2 Å². The molecule has 1 fully saturated rings. The first-order chi connectivity index (χ1) is 12.5. The quantitative estimate of drug-likeness (QED) is 0.568. The number of hydrogen-bond donors (Lipinski definition) is 1. The topological polar surface area (TPSA) is 61.9 Å². The Hall–Kier alpha value is -1.92. The van der Waals surface area contributed by atoms with Crippen LogP contribution < -0.4 is 5.32 Å². The van der Waals surface area contributed by atoms with Gasteiger partial charge in [-0.15, -0.1) is 0 Å². The van der Waals surface area contributed by atoms with Crippen LogP contribution in [0.4, 0.5) is 5.69 Å². The minimum absolute atomic E-state index is 0.00910. The molecular weight excluding hydrogens is 330 g/mol. The molecule has 0 spiro atoms. The molecule has 2 rings (SSSR count). The van der Waals surface area contributed by atoms with Gasteiger partial charge in [-0.2, -0.15) is 0 Å². The molecule has 6 heteroatoms. The van der Waals surface area contributed by atoms with Crippen molar-refractivity contribution in [3.63, 3.8) is 0 Å². The highest BCUT2D eigenvalue weighted by atomic mass is 16.5. The molecule has 1 heterocycles. The van der Waals surface area contributed by atoms with E-state index >= 15 is 0 Å². The maximum absolute atomic E-state index is 12.4. The van der Waals surface area contributed by atoms with Crippen molar-refractivity contribution < 1.29 is 14.3 Å². The van der Waals surface area contributed by atoms with Crippen LogP contribution in [-0.2, 0) is 14.3 Å². The second-order valence-corrected chi connectivity index (χ2v) is 6.94. The van der Waals surface area contributed by atoms with E-state index in [9.17, 15) is 9.59 Å². The highest BCUT2D eigenvalue weighted by Crippen LogP contribution is 2.19. The second kappa shape index (κ2) is 10.3. The average molecular weight is 361 g/mol. The average Bonchev–Trinajstić information content (AvgIpc) is 2.60. The normalized spacial score (nSPS) is 15.7. The zero-order valence-electron chi connectivity index (χ0n) is 16.2. The van der Waals surface area contributed by atoms with Crippen LogP contribution in [0.5, 0.6) is 0 Å². The Labute approximate surface area is 156 Å². The van der Waals surface area contributed by atoms with E-state index in [-0.39, 0.29) is 11.9 Å². The molecule has 0 aliphatic carbocycles. The number of piperazine rings is 1. The molecule has 0 bridgehead atoms. The molecule has 0 aromatic heterocycles. The SMILES string of the molecule is CCCCOC(=O)CN1CCN(CC(=O)Nc2c(C)cccc2C)CC1. The number of unbranched alkanes of at least 4 members (excludes halogenated alkanes) is 1. The Balaban J connectivity index is 1.71. The van der Waals surface area contributed by atoms with Gasteiger partial charge in [0.1, 0.15) is 0 Å². The molecular formula is C20H31N3O3. The Morgan fingerprint density at radius 2 is 1.62 bits per heavy atom. The summed E-state index contributed by atoms with van der Waals surface area (Å²) in [5.41, 5.74) is 3.06. The first kappa shape index (κ1) is 20.4. The predicted octanol–water partition coefficient (Wildman–Crippen LogP) is 2.20. The molecule has 1 N–H and O–H groups in total. The van der Waals surface area contributed by atoms with Crippen LogP contribution in [0.3, 0.4) is 0 Å². The molecule has 144 valence electrons. The van der Waals surface area contributed by atoms with Crippen molar-refractivity contribution in [2.45, 2.75) is 33.6 Å². The maximum atomic E-state index is 12.4. The van der Waals surface area contributed by atoms with E-state index in [0.717, 1.165) is 55.8 Å². The lowest BCUT2D eigenvalue weighted by Crippen LogP contribution is -2.50. The first-order valence-electron chi connectivity index (χ1n) is 9.46. The fraction of sp³-hybridized carbons (Fsp3) is 0.600. The Kier molecular flexibility index (Phi) is 8.06. The standard InChI is InChI=1S/C20H31N3O3/c1-4-5-13-26-19(25)15-23-11-9-22(10-12-23)14-18(24)21-20-16(2)7-6-8-17(20)3/h6-8H,4-5,9-15H2,1-3H3,(H,21,24). The van der Waals surface area contributed by atoms with E-state index in [1.807, 2.05) is 32.0 Å². The van der Waals surface area contributed by atoms with E-state index in [0.29, 0.717) is 19.7 Å². The molecule has 0 unspecified atom stereocenters. The van der Waals surface area contributed by atoms with Crippen LogP contribution in [0.1, 0.15) is 30.9 Å². The van der Waals surface area contributed by atoms with Gasteiger partial charge in [-0.1, -0.05) is 31.5 Å². The van der Waals surface area contributed by atoms with E-state index < -0.39 is 0 Å². The zero-order chi connectivity index (χ0) is 18.9.